The minimum absolute atomic E-state index is 0.193. The summed E-state index contributed by atoms with van der Waals surface area (Å²) in [4.78, 5) is 33.3. The first-order valence-electron chi connectivity index (χ1n) is 10.9. The number of carbonyl (C=O) groups is 2. The Morgan fingerprint density at radius 3 is 2.56 bits per heavy atom. The van der Waals surface area contributed by atoms with Gasteiger partial charge in [0, 0.05) is 16.0 Å². The highest BCUT2D eigenvalue weighted by molar-refractivity contribution is 7.26. The van der Waals surface area contributed by atoms with E-state index in [1.807, 2.05) is 30.3 Å². The average Bonchev–Trinajstić information content (AvgIpc) is 3.48. The second-order valence-corrected chi connectivity index (χ2v) is 12.7. The van der Waals surface area contributed by atoms with E-state index in [2.05, 4.69) is 38.3 Å². The first-order chi connectivity index (χ1) is 16.1. The number of rotatable bonds is 4. The number of esters is 1. The maximum absolute atomic E-state index is 13.2. The van der Waals surface area contributed by atoms with Crippen LogP contribution in [0.2, 0.25) is 0 Å². The number of anilines is 1. The predicted octanol–water partition coefficient (Wildman–Crippen LogP) is 6.28. The van der Waals surface area contributed by atoms with Crippen molar-refractivity contribution < 1.29 is 14.3 Å². The third-order valence-electron chi connectivity index (χ3n) is 5.80. The fourth-order valence-corrected chi connectivity index (χ4v) is 7.83. The number of ether oxygens (including phenoxy) is 1. The Bertz CT molecular complexity index is 1390. The van der Waals surface area contributed by atoms with Crippen LogP contribution in [0.25, 0.3) is 20.1 Å². The summed E-state index contributed by atoms with van der Waals surface area (Å²) >= 11 is 4.44. The minimum Gasteiger partial charge on any atom is -0.465 e. The molecule has 6 nitrogen and oxygen atoms in total. The molecule has 1 aliphatic rings. The summed E-state index contributed by atoms with van der Waals surface area (Å²) in [5.74, 6) is -0.672. The molecule has 0 aliphatic carbocycles. The van der Waals surface area contributed by atoms with Crippen molar-refractivity contribution in [1.82, 2.24) is 10.3 Å². The Kier molecular flexibility index (Phi) is 5.63. The summed E-state index contributed by atoms with van der Waals surface area (Å²) in [5, 5.41) is 8.07. The van der Waals surface area contributed by atoms with Gasteiger partial charge < -0.3 is 15.4 Å². The lowest BCUT2D eigenvalue weighted by atomic mass is 9.81. The molecule has 4 aromatic rings. The fraction of sp³-hybridized carbons (Fsp3) is 0.320. The molecule has 5 rings (SSSR count). The standard InChI is InChI=1S/C25H25N3O3S3/c1-24(2)12-13-18(23(30)31-5)22(34-19(13)25(3,4)28-24)27-20(29)16-10-11-17(32-16)21-26-14-8-6-7-9-15(14)33-21/h6-11,28H,12H2,1-5H3,(H,27,29). The number of methoxy groups -OCH3 is 1. The highest BCUT2D eigenvalue weighted by atomic mass is 32.1. The van der Waals surface area contributed by atoms with Gasteiger partial charge in [0.1, 0.15) is 10.0 Å². The summed E-state index contributed by atoms with van der Waals surface area (Å²) in [5.41, 5.74) is 1.83. The van der Waals surface area contributed by atoms with Gasteiger partial charge in [0.25, 0.3) is 5.91 Å². The van der Waals surface area contributed by atoms with Crippen molar-refractivity contribution in [3.8, 4) is 9.88 Å². The number of para-hydroxylation sites is 1. The summed E-state index contributed by atoms with van der Waals surface area (Å²) in [7, 11) is 1.37. The van der Waals surface area contributed by atoms with Gasteiger partial charge in [-0.15, -0.1) is 34.0 Å². The average molecular weight is 512 g/mol. The summed E-state index contributed by atoms with van der Waals surface area (Å²) in [6.07, 6.45) is 0.670. The monoisotopic (exact) mass is 511 g/mol. The first-order valence-corrected chi connectivity index (χ1v) is 13.3. The number of thiazole rings is 1. The first kappa shape index (κ1) is 23.2. The topological polar surface area (TPSA) is 80.3 Å². The lowest BCUT2D eigenvalue weighted by molar-refractivity contribution is 0.0600. The molecule has 9 heteroatoms. The zero-order valence-electron chi connectivity index (χ0n) is 19.6. The lowest BCUT2D eigenvalue weighted by Crippen LogP contribution is -2.55. The number of aromatic nitrogens is 1. The molecule has 0 fully saturated rings. The Labute approximate surface area is 210 Å². The summed E-state index contributed by atoms with van der Waals surface area (Å²) < 4.78 is 6.22. The predicted molar refractivity (Wildman–Crippen MR) is 140 cm³/mol. The Hall–Kier alpha value is -2.59. The molecule has 1 aliphatic heterocycles. The number of benzene rings is 1. The van der Waals surface area contributed by atoms with Crippen LogP contribution >= 0.6 is 34.0 Å². The zero-order valence-corrected chi connectivity index (χ0v) is 22.0. The molecular weight excluding hydrogens is 486 g/mol. The lowest BCUT2D eigenvalue weighted by Gasteiger charge is -2.42. The second-order valence-electron chi connectivity index (χ2n) is 9.52. The Balaban J connectivity index is 1.47. The van der Waals surface area contributed by atoms with Gasteiger partial charge in [0.15, 0.2) is 0 Å². The van der Waals surface area contributed by atoms with Crippen LogP contribution in [-0.2, 0) is 16.7 Å². The van der Waals surface area contributed by atoms with Crippen molar-refractivity contribution in [2.75, 3.05) is 12.4 Å². The van der Waals surface area contributed by atoms with E-state index in [0.717, 1.165) is 30.5 Å². The molecule has 4 heterocycles. The molecule has 1 aromatic carbocycles. The summed E-state index contributed by atoms with van der Waals surface area (Å²) in [6.45, 7) is 8.42. The van der Waals surface area contributed by atoms with Gasteiger partial charge in [-0.25, -0.2) is 9.78 Å². The van der Waals surface area contributed by atoms with Gasteiger partial charge in [0.05, 0.1) is 32.6 Å². The number of amides is 1. The van der Waals surface area contributed by atoms with E-state index >= 15 is 0 Å². The van der Waals surface area contributed by atoms with Crippen LogP contribution in [0.5, 0.6) is 0 Å². The smallest absolute Gasteiger partial charge is 0.341 e. The van der Waals surface area contributed by atoms with Gasteiger partial charge in [-0.05, 0) is 63.9 Å². The van der Waals surface area contributed by atoms with Crippen molar-refractivity contribution in [2.24, 2.45) is 0 Å². The van der Waals surface area contributed by atoms with E-state index in [-0.39, 0.29) is 17.0 Å². The van der Waals surface area contributed by atoms with E-state index in [1.165, 1.54) is 29.8 Å². The number of nitrogens with one attached hydrogen (secondary N) is 2. The van der Waals surface area contributed by atoms with Crippen molar-refractivity contribution in [2.45, 2.75) is 45.2 Å². The van der Waals surface area contributed by atoms with E-state index < -0.39 is 5.97 Å². The molecule has 1 amide bonds. The molecule has 0 unspecified atom stereocenters. The van der Waals surface area contributed by atoms with Gasteiger partial charge in [-0.3, -0.25) is 4.79 Å². The van der Waals surface area contributed by atoms with E-state index in [1.54, 1.807) is 17.4 Å². The van der Waals surface area contributed by atoms with E-state index in [4.69, 9.17) is 9.72 Å². The van der Waals surface area contributed by atoms with Crippen LogP contribution in [0, 0.1) is 0 Å². The maximum atomic E-state index is 13.2. The van der Waals surface area contributed by atoms with Crippen molar-refractivity contribution in [3.05, 3.63) is 57.3 Å². The largest absolute Gasteiger partial charge is 0.465 e. The van der Waals surface area contributed by atoms with Crippen LogP contribution in [0.15, 0.2) is 36.4 Å². The molecule has 0 saturated carbocycles. The fourth-order valence-electron chi connectivity index (χ4n) is 4.65. The van der Waals surface area contributed by atoms with Crippen LogP contribution < -0.4 is 10.6 Å². The highest BCUT2D eigenvalue weighted by Crippen LogP contribution is 2.45. The van der Waals surface area contributed by atoms with E-state index in [9.17, 15) is 9.59 Å². The molecule has 0 bridgehead atoms. The van der Waals surface area contributed by atoms with Crippen LogP contribution in [-0.4, -0.2) is 29.5 Å². The Morgan fingerprint density at radius 2 is 1.82 bits per heavy atom. The normalized spacial score (nSPS) is 16.3. The van der Waals surface area contributed by atoms with Gasteiger partial charge in [-0.1, -0.05) is 12.1 Å². The van der Waals surface area contributed by atoms with Gasteiger partial charge in [-0.2, -0.15) is 0 Å². The van der Waals surface area contributed by atoms with Crippen LogP contribution in [0.1, 0.15) is 58.2 Å². The molecule has 2 N–H and O–H groups in total. The minimum atomic E-state index is -0.428. The van der Waals surface area contributed by atoms with Crippen molar-refractivity contribution in [3.63, 3.8) is 0 Å². The third kappa shape index (κ3) is 4.07. The number of fused-ring (bicyclic) bond motifs is 2. The highest BCUT2D eigenvalue weighted by Gasteiger charge is 2.42. The van der Waals surface area contributed by atoms with Gasteiger partial charge in [0.2, 0.25) is 0 Å². The molecular formula is C25H25N3O3S3. The number of hydrogen-bond donors (Lipinski definition) is 2. The number of carbonyl (C=O) groups excluding carboxylic acids is 2. The number of nitrogens with zero attached hydrogens (tertiary/aromatic N) is 1. The van der Waals surface area contributed by atoms with Gasteiger partial charge >= 0.3 is 5.97 Å². The molecule has 0 atom stereocenters. The van der Waals surface area contributed by atoms with Crippen molar-refractivity contribution >= 4 is 61.1 Å². The molecule has 0 saturated heterocycles. The van der Waals surface area contributed by atoms with Crippen LogP contribution in [0.3, 0.4) is 0 Å². The Morgan fingerprint density at radius 1 is 1.06 bits per heavy atom. The molecule has 34 heavy (non-hydrogen) atoms. The number of thiophene rings is 2. The maximum Gasteiger partial charge on any atom is 0.341 e. The third-order valence-corrected chi connectivity index (χ3v) is 9.56. The van der Waals surface area contributed by atoms with Crippen molar-refractivity contribution in [1.29, 1.82) is 0 Å². The quantitative estimate of drug-likeness (QED) is 0.315. The molecule has 176 valence electrons. The molecule has 0 spiro atoms. The molecule has 0 radical (unpaired) electrons. The number of hydrogen-bond acceptors (Lipinski definition) is 8. The molecule has 3 aromatic heterocycles. The summed E-state index contributed by atoms with van der Waals surface area (Å²) in [6, 6.07) is 11.7. The van der Waals surface area contributed by atoms with E-state index in [0.29, 0.717) is 21.9 Å². The SMILES string of the molecule is COC(=O)c1c(NC(=O)c2ccc(-c3nc4ccccc4s3)s2)sc2c1CC(C)(C)NC2(C)C. The second kappa shape index (κ2) is 8.27. The zero-order chi connectivity index (χ0) is 24.3. The van der Waals surface area contributed by atoms with Crippen LogP contribution in [0.4, 0.5) is 5.00 Å².